The van der Waals surface area contributed by atoms with E-state index in [-0.39, 0.29) is 16.9 Å². The van der Waals surface area contributed by atoms with E-state index in [1.165, 1.54) is 25.3 Å². The van der Waals surface area contributed by atoms with Gasteiger partial charge in [0.1, 0.15) is 5.69 Å². The Hall–Kier alpha value is -2.60. The molecular formula is C14H11ClN2O4. The molecule has 0 bridgehead atoms. The molecule has 6 nitrogen and oxygen atoms in total. The molecule has 0 saturated heterocycles. The van der Waals surface area contributed by atoms with Crippen molar-refractivity contribution < 1.29 is 14.5 Å². The molecule has 108 valence electrons. The summed E-state index contributed by atoms with van der Waals surface area (Å²) in [6.07, 6.45) is 0. The van der Waals surface area contributed by atoms with Crippen LogP contribution in [0.15, 0.2) is 42.5 Å². The molecule has 0 aliphatic rings. The van der Waals surface area contributed by atoms with E-state index in [1.54, 1.807) is 24.3 Å². The lowest BCUT2D eigenvalue weighted by Crippen LogP contribution is -2.04. The van der Waals surface area contributed by atoms with Gasteiger partial charge in [-0.25, -0.2) is 4.79 Å². The SMILES string of the molecule is COC(=O)c1ccc(Nc2cccc(Cl)c2)c([N+](=O)[O-])c1. The van der Waals surface area contributed by atoms with Crippen molar-refractivity contribution in [2.75, 3.05) is 12.4 Å². The maximum absolute atomic E-state index is 11.4. The molecule has 1 N–H and O–H groups in total. The van der Waals surface area contributed by atoms with Gasteiger partial charge >= 0.3 is 5.97 Å². The summed E-state index contributed by atoms with van der Waals surface area (Å²) in [5, 5.41) is 14.5. The Labute approximate surface area is 125 Å². The number of methoxy groups -OCH3 is 1. The minimum absolute atomic E-state index is 0.112. The second-order valence-electron chi connectivity index (χ2n) is 4.12. The first kappa shape index (κ1) is 14.8. The van der Waals surface area contributed by atoms with Crippen LogP contribution in [0.3, 0.4) is 0 Å². The van der Waals surface area contributed by atoms with E-state index in [0.717, 1.165) is 0 Å². The highest BCUT2D eigenvalue weighted by Gasteiger charge is 2.18. The Morgan fingerprint density at radius 3 is 2.67 bits per heavy atom. The average molecular weight is 307 g/mol. The van der Waals surface area contributed by atoms with E-state index in [9.17, 15) is 14.9 Å². The van der Waals surface area contributed by atoms with Crippen LogP contribution in [0.1, 0.15) is 10.4 Å². The molecule has 0 atom stereocenters. The summed E-state index contributed by atoms with van der Waals surface area (Å²) in [5.74, 6) is -0.632. The van der Waals surface area contributed by atoms with E-state index >= 15 is 0 Å². The first-order chi connectivity index (χ1) is 10.0. The maximum Gasteiger partial charge on any atom is 0.338 e. The number of rotatable bonds is 4. The first-order valence-electron chi connectivity index (χ1n) is 5.90. The van der Waals surface area contributed by atoms with Gasteiger partial charge in [0.15, 0.2) is 0 Å². The van der Waals surface area contributed by atoms with Gasteiger partial charge in [0, 0.05) is 16.8 Å². The van der Waals surface area contributed by atoms with E-state index < -0.39 is 10.9 Å². The second kappa shape index (κ2) is 6.23. The average Bonchev–Trinajstić information content (AvgIpc) is 2.46. The van der Waals surface area contributed by atoms with Crippen LogP contribution in [0.4, 0.5) is 17.1 Å². The van der Waals surface area contributed by atoms with Crippen molar-refractivity contribution in [3.63, 3.8) is 0 Å². The normalized spacial score (nSPS) is 10.0. The number of benzene rings is 2. The summed E-state index contributed by atoms with van der Waals surface area (Å²) in [4.78, 5) is 22.0. The zero-order chi connectivity index (χ0) is 15.4. The topological polar surface area (TPSA) is 81.5 Å². The van der Waals surface area contributed by atoms with E-state index in [1.807, 2.05) is 0 Å². The van der Waals surface area contributed by atoms with Crippen LogP contribution in [-0.2, 0) is 4.74 Å². The van der Waals surface area contributed by atoms with Crippen LogP contribution in [-0.4, -0.2) is 18.0 Å². The van der Waals surface area contributed by atoms with Gasteiger partial charge < -0.3 is 10.1 Å². The largest absolute Gasteiger partial charge is 0.465 e. The van der Waals surface area contributed by atoms with E-state index in [0.29, 0.717) is 10.7 Å². The number of halogens is 1. The summed E-state index contributed by atoms with van der Waals surface area (Å²) in [6, 6.07) is 10.8. The van der Waals surface area contributed by atoms with Crippen molar-refractivity contribution in [2.24, 2.45) is 0 Å². The zero-order valence-corrected chi connectivity index (χ0v) is 11.8. The highest BCUT2D eigenvalue weighted by atomic mass is 35.5. The molecule has 7 heteroatoms. The van der Waals surface area contributed by atoms with Crippen LogP contribution >= 0.6 is 11.6 Å². The number of hydrogen-bond acceptors (Lipinski definition) is 5. The van der Waals surface area contributed by atoms with Crippen LogP contribution in [0.5, 0.6) is 0 Å². The van der Waals surface area contributed by atoms with Crippen molar-refractivity contribution in [2.45, 2.75) is 0 Å². The van der Waals surface area contributed by atoms with Gasteiger partial charge in [0.05, 0.1) is 17.6 Å². The molecule has 0 heterocycles. The fourth-order valence-corrected chi connectivity index (χ4v) is 1.95. The molecule has 0 aliphatic heterocycles. The minimum Gasteiger partial charge on any atom is -0.465 e. The summed E-state index contributed by atoms with van der Waals surface area (Å²) in [7, 11) is 1.21. The van der Waals surface area contributed by atoms with Gasteiger partial charge in [0.2, 0.25) is 0 Å². The molecule has 0 saturated carbocycles. The zero-order valence-electron chi connectivity index (χ0n) is 11.0. The number of hydrogen-bond donors (Lipinski definition) is 1. The Morgan fingerprint density at radius 2 is 2.05 bits per heavy atom. The van der Waals surface area contributed by atoms with Gasteiger partial charge in [0.25, 0.3) is 5.69 Å². The highest BCUT2D eigenvalue weighted by Crippen LogP contribution is 2.29. The number of carbonyl (C=O) groups is 1. The molecule has 0 aromatic heterocycles. The summed E-state index contributed by atoms with van der Waals surface area (Å²) < 4.78 is 4.55. The third-order valence-electron chi connectivity index (χ3n) is 2.72. The van der Waals surface area contributed by atoms with Crippen molar-refractivity contribution in [3.05, 3.63) is 63.2 Å². The number of carbonyl (C=O) groups excluding carboxylic acids is 1. The number of esters is 1. The van der Waals surface area contributed by atoms with Crippen LogP contribution in [0.2, 0.25) is 5.02 Å². The van der Waals surface area contributed by atoms with Gasteiger partial charge in [-0.1, -0.05) is 17.7 Å². The number of nitro groups is 1. The summed E-state index contributed by atoms with van der Waals surface area (Å²) in [5.41, 5.74) is 0.755. The van der Waals surface area contributed by atoms with Crippen LogP contribution < -0.4 is 5.32 Å². The number of ether oxygens (including phenoxy) is 1. The van der Waals surface area contributed by atoms with Gasteiger partial charge in [-0.3, -0.25) is 10.1 Å². The molecule has 2 aromatic carbocycles. The Morgan fingerprint density at radius 1 is 1.29 bits per heavy atom. The molecule has 0 unspecified atom stereocenters. The Balaban J connectivity index is 2.39. The molecule has 0 radical (unpaired) electrons. The molecule has 2 rings (SSSR count). The molecule has 0 amide bonds. The third kappa shape index (κ3) is 3.49. The standard InChI is InChI=1S/C14H11ClN2O4/c1-21-14(18)9-5-6-12(13(7-9)17(19)20)16-11-4-2-3-10(15)8-11/h2-8,16H,1H3. The van der Waals surface area contributed by atoms with Crippen molar-refractivity contribution in [1.82, 2.24) is 0 Å². The minimum atomic E-state index is -0.632. The van der Waals surface area contributed by atoms with Crippen LogP contribution in [0, 0.1) is 10.1 Å². The number of nitro benzene ring substituents is 1. The van der Waals surface area contributed by atoms with Crippen molar-refractivity contribution >= 4 is 34.6 Å². The van der Waals surface area contributed by atoms with Crippen molar-refractivity contribution in [3.8, 4) is 0 Å². The Kier molecular flexibility index (Phi) is 4.39. The third-order valence-corrected chi connectivity index (χ3v) is 2.95. The summed E-state index contributed by atoms with van der Waals surface area (Å²) >= 11 is 5.86. The lowest BCUT2D eigenvalue weighted by Gasteiger charge is -2.08. The van der Waals surface area contributed by atoms with Gasteiger partial charge in [-0.15, -0.1) is 0 Å². The molecule has 0 fully saturated rings. The van der Waals surface area contributed by atoms with Gasteiger partial charge in [-0.05, 0) is 30.3 Å². The predicted octanol–water partition coefficient (Wildman–Crippen LogP) is 3.78. The van der Waals surface area contributed by atoms with Crippen LogP contribution in [0.25, 0.3) is 0 Å². The van der Waals surface area contributed by atoms with E-state index in [2.05, 4.69) is 10.1 Å². The molecule has 0 aliphatic carbocycles. The maximum atomic E-state index is 11.4. The van der Waals surface area contributed by atoms with E-state index in [4.69, 9.17) is 11.6 Å². The first-order valence-corrected chi connectivity index (χ1v) is 6.28. The fourth-order valence-electron chi connectivity index (χ4n) is 1.75. The van der Waals surface area contributed by atoms with Crippen molar-refractivity contribution in [1.29, 1.82) is 0 Å². The molecule has 21 heavy (non-hydrogen) atoms. The highest BCUT2D eigenvalue weighted by molar-refractivity contribution is 6.30. The second-order valence-corrected chi connectivity index (χ2v) is 4.55. The smallest absolute Gasteiger partial charge is 0.338 e. The number of nitrogens with one attached hydrogen (secondary N) is 1. The predicted molar refractivity (Wildman–Crippen MR) is 79.2 cm³/mol. The number of anilines is 2. The fraction of sp³-hybridized carbons (Fsp3) is 0.0714. The molecule has 2 aromatic rings. The molecular weight excluding hydrogens is 296 g/mol. The number of nitrogens with zero attached hydrogens (tertiary/aromatic N) is 1. The Bertz CT molecular complexity index is 703. The van der Waals surface area contributed by atoms with Gasteiger partial charge in [-0.2, -0.15) is 0 Å². The quantitative estimate of drug-likeness (QED) is 0.528. The lowest BCUT2D eigenvalue weighted by molar-refractivity contribution is -0.383. The summed E-state index contributed by atoms with van der Waals surface area (Å²) in [6.45, 7) is 0. The lowest BCUT2D eigenvalue weighted by atomic mass is 10.1. The monoisotopic (exact) mass is 306 g/mol. The molecule has 0 spiro atoms.